The normalized spacial score (nSPS) is 10.5. The summed E-state index contributed by atoms with van der Waals surface area (Å²) >= 11 is 0. The Morgan fingerprint density at radius 1 is 1.14 bits per heavy atom. The van der Waals surface area contributed by atoms with Gasteiger partial charge in [-0.1, -0.05) is 12.1 Å². The molecule has 3 rings (SSSR count). The Morgan fingerprint density at radius 2 is 1.95 bits per heavy atom. The Kier molecular flexibility index (Phi) is 3.74. The maximum absolute atomic E-state index is 4.56. The molecule has 0 unspecified atom stereocenters. The second kappa shape index (κ2) is 5.85. The number of rotatable bonds is 4. The fraction of sp³-hybridized carbons (Fsp3) is 0.188. The number of nitrogens with one attached hydrogen (secondary N) is 1. The summed E-state index contributed by atoms with van der Waals surface area (Å²) in [5.41, 5.74) is 2.89. The van der Waals surface area contributed by atoms with Crippen LogP contribution in [0.1, 0.15) is 5.56 Å². The Morgan fingerprint density at radius 3 is 2.68 bits per heavy atom. The van der Waals surface area contributed by atoms with E-state index < -0.39 is 0 Å². The van der Waals surface area contributed by atoms with Crippen LogP contribution in [0.5, 0.6) is 0 Å². The summed E-state index contributed by atoms with van der Waals surface area (Å²) in [5.74, 6) is 1.46. The standard InChI is InChI=1S/C16H18N6/c1-12-11-17-16(20-15(12)21(2)3)19-13-7-4-5-8-14(13)22-10-6-9-18-22/h4-11H,1-3H3,(H,17,19,20). The molecule has 22 heavy (non-hydrogen) atoms. The zero-order valence-electron chi connectivity index (χ0n) is 12.9. The number of aromatic nitrogens is 4. The lowest BCUT2D eigenvalue weighted by atomic mass is 10.2. The second-order valence-electron chi connectivity index (χ2n) is 5.19. The summed E-state index contributed by atoms with van der Waals surface area (Å²) in [6.45, 7) is 2.00. The third kappa shape index (κ3) is 2.76. The summed E-state index contributed by atoms with van der Waals surface area (Å²) in [6.07, 6.45) is 5.48. The van der Waals surface area contributed by atoms with Crippen molar-refractivity contribution in [2.45, 2.75) is 6.92 Å². The molecule has 0 fully saturated rings. The van der Waals surface area contributed by atoms with Gasteiger partial charge in [-0.05, 0) is 25.1 Å². The van der Waals surface area contributed by atoms with Gasteiger partial charge in [0.25, 0.3) is 0 Å². The molecule has 2 heterocycles. The molecule has 2 aromatic heterocycles. The van der Waals surface area contributed by atoms with Crippen LogP contribution in [0.25, 0.3) is 5.69 Å². The number of hydrogen-bond donors (Lipinski definition) is 1. The number of anilines is 3. The molecular formula is C16H18N6. The smallest absolute Gasteiger partial charge is 0.229 e. The van der Waals surface area contributed by atoms with Gasteiger partial charge in [0.2, 0.25) is 5.95 Å². The minimum atomic E-state index is 0.564. The van der Waals surface area contributed by atoms with Crippen LogP contribution >= 0.6 is 0 Å². The van der Waals surface area contributed by atoms with Gasteiger partial charge < -0.3 is 10.2 Å². The molecule has 0 atom stereocenters. The van der Waals surface area contributed by atoms with Crippen LogP contribution in [0.2, 0.25) is 0 Å². The van der Waals surface area contributed by atoms with E-state index in [0.29, 0.717) is 5.95 Å². The maximum Gasteiger partial charge on any atom is 0.229 e. The molecule has 1 aromatic carbocycles. The highest BCUT2D eigenvalue weighted by Crippen LogP contribution is 2.23. The lowest BCUT2D eigenvalue weighted by Gasteiger charge is -2.16. The molecule has 0 aliphatic heterocycles. The van der Waals surface area contributed by atoms with Crippen molar-refractivity contribution >= 4 is 17.5 Å². The minimum absolute atomic E-state index is 0.564. The Bertz CT molecular complexity index is 764. The van der Waals surface area contributed by atoms with E-state index in [4.69, 9.17) is 0 Å². The molecule has 0 amide bonds. The molecule has 0 spiro atoms. The van der Waals surface area contributed by atoms with Crippen LogP contribution in [0.15, 0.2) is 48.9 Å². The first-order valence-electron chi connectivity index (χ1n) is 7.02. The minimum Gasteiger partial charge on any atom is -0.362 e. The van der Waals surface area contributed by atoms with Gasteiger partial charge in [-0.25, -0.2) is 9.67 Å². The van der Waals surface area contributed by atoms with Crippen molar-refractivity contribution in [3.8, 4) is 5.69 Å². The first kappa shape index (κ1) is 14.1. The molecule has 0 bridgehead atoms. The zero-order valence-corrected chi connectivity index (χ0v) is 12.9. The van der Waals surface area contributed by atoms with Gasteiger partial charge in [0.15, 0.2) is 0 Å². The highest BCUT2D eigenvalue weighted by molar-refractivity contribution is 5.66. The lowest BCUT2D eigenvalue weighted by molar-refractivity contribution is 0.881. The van der Waals surface area contributed by atoms with Crippen LogP contribution < -0.4 is 10.2 Å². The van der Waals surface area contributed by atoms with E-state index in [-0.39, 0.29) is 0 Å². The predicted molar refractivity (Wildman–Crippen MR) is 87.9 cm³/mol. The Hall–Kier alpha value is -2.89. The van der Waals surface area contributed by atoms with Crippen LogP contribution in [0.3, 0.4) is 0 Å². The Balaban J connectivity index is 1.96. The first-order valence-corrected chi connectivity index (χ1v) is 7.02. The molecule has 6 nitrogen and oxygen atoms in total. The van der Waals surface area contributed by atoms with E-state index in [2.05, 4.69) is 20.4 Å². The van der Waals surface area contributed by atoms with E-state index in [1.807, 2.05) is 73.3 Å². The van der Waals surface area contributed by atoms with Crippen LogP contribution in [-0.2, 0) is 0 Å². The van der Waals surface area contributed by atoms with Crippen LogP contribution in [-0.4, -0.2) is 33.8 Å². The second-order valence-corrected chi connectivity index (χ2v) is 5.19. The van der Waals surface area contributed by atoms with Crippen LogP contribution in [0.4, 0.5) is 17.5 Å². The fourth-order valence-corrected chi connectivity index (χ4v) is 2.26. The van der Waals surface area contributed by atoms with Gasteiger partial charge in [-0.3, -0.25) is 0 Å². The topological polar surface area (TPSA) is 58.9 Å². The average molecular weight is 294 g/mol. The molecule has 0 radical (unpaired) electrons. The molecule has 0 aliphatic carbocycles. The molecule has 1 N–H and O–H groups in total. The summed E-state index contributed by atoms with van der Waals surface area (Å²) in [5, 5.41) is 7.55. The number of hydrogen-bond acceptors (Lipinski definition) is 5. The highest BCUT2D eigenvalue weighted by Gasteiger charge is 2.09. The summed E-state index contributed by atoms with van der Waals surface area (Å²) < 4.78 is 1.81. The largest absolute Gasteiger partial charge is 0.362 e. The molecule has 6 heteroatoms. The first-order chi connectivity index (χ1) is 10.6. The van der Waals surface area contributed by atoms with Crippen molar-refractivity contribution < 1.29 is 0 Å². The zero-order chi connectivity index (χ0) is 15.5. The van der Waals surface area contributed by atoms with Gasteiger partial charge >= 0.3 is 0 Å². The quantitative estimate of drug-likeness (QED) is 0.802. The van der Waals surface area contributed by atoms with Crippen molar-refractivity contribution in [2.75, 3.05) is 24.3 Å². The molecule has 0 aliphatic rings. The van der Waals surface area contributed by atoms with E-state index >= 15 is 0 Å². The van der Waals surface area contributed by atoms with E-state index in [1.54, 1.807) is 6.20 Å². The highest BCUT2D eigenvalue weighted by atomic mass is 15.3. The third-order valence-corrected chi connectivity index (χ3v) is 3.27. The van der Waals surface area contributed by atoms with Crippen molar-refractivity contribution in [1.29, 1.82) is 0 Å². The summed E-state index contributed by atoms with van der Waals surface area (Å²) in [7, 11) is 3.94. The SMILES string of the molecule is Cc1cnc(Nc2ccccc2-n2cccn2)nc1N(C)C. The fourth-order valence-electron chi connectivity index (χ4n) is 2.26. The molecule has 0 saturated heterocycles. The third-order valence-electron chi connectivity index (χ3n) is 3.27. The van der Waals surface area contributed by atoms with E-state index in [1.165, 1.54) is 0 Å². The van der Waals surface area contributed by atoms with Crippen LogP contribution in [0, 0.1) is 6.92 Å². The monoisotopic (exact) mass is 294 g/mol. The van der Waals surface area contributed by atoms with Gasteiger partial charge in [0.05, 0.1) is 11.4 Å². The van der Waals surface area contributed by atoms with Gasteiger partial charge in [-0.15, -0.1) is 0 Å². The van der Waals surface area contributed by atoms with Crippen molar-refractivity contribution in [3.05, 3.63) is 54.5 Å². The Labute approximate surface area is 129 Å². The van der Waals surface area contributed by atoms with Crippen molar-refractivity contribution in [2.24, 2.45) is 0 Å². The number of para-hydroxylation sites is 2. The van der Waals surface area contributed by atoms with Crippen molar-refractivity contribution in [1.82, 2.24) is 19.7 Å². The molecule has 0 saturated carbocycles. The number of benzene rings is 1. The number of aryl methyl sites for hydroxylation is 1. The average Bonchev–Trinajstić information content (AvgIpc) is 3.03. The number of nitrogens with zero attached hydrogens (tertiary/aromatic N) is 5. The van der Waals surface area contributed by atoms with Crippen molar-refractivity contribution in [3.63, 3.8) is 0 Å². The van der Waals surface area contributed by atoms with E-state index in [0.717, 1.165) is 22.8 Å². The molecule has 112 valence electrons. The van der Waals surface area contributed by atoms with Gasteiger partial charge in [-0.2, -0.15) is 10.1 Å². The molecular weight excluding hydrogens is 276 g/mol. The lowest BCUT2D eigenvalue weighted by Crippen LogP contribution is -2.14. The predicted octanol–water partition coefficient (Wildman–Crippen LogP) is 2.78. The van der Waals surface area contributed by atoms with E-state index in [9.17, 15) is 0 Å². The van der Waals surface area contributed by atoms with Gasteiger partial charge in [0, 0.05) is 38.2 Å². The molecule has 3 aromatic rings. The van der Waals surface area contributed by atoms with Gasteiger partial charge in [0.1, 0.15) is 5.82 Å². The summed E-state index contributed by atoms with van der Waals surface area (Å²) in [6, 6.07) is 9.81. The summed E-state index contributed by atoms with van der Waals surface area (Å²) in [4.78, 5) is 10.9. The maximum atomic E-state index is 4.56.